The number of aryl methyl sites for hydroxylation is 1. The minimum Gasteiger partial charge on any atom is -0.333 e. The van der Waals surface area contributed by atoms with Gasteiger partial charge in [-0.3, -0.25) is 4.68 Å². The number of halogens is 5. The fourth-order valence-electron chi connectivity index (χ4n) is 1.77. The molecule has 0 aliphatic carbocycles. The number of rotatable bonds is 2. The van der Waals surface area contributed by atoms with E-state index in [1.165, 1.54) is 17.8 Å². The molecule has 0 radical (unpaired) electrons. The Balaban J connectivity index is 2.09. The number of aromatic nitrogens is 4. The monoisotopic (exact) mass is 324 g/mol. The highest BCUT2D eigenvalue weighted by Gasteiger charge is 2.37. The van der Waals surface area contributed by atoms with Crippen LogP contribution >= 0.6 is 11.3 Å². The molecule has 0 aliphatic heterocycles. The predicted octanol–water partition coefficient (Wildman–Crippen LogP) is 3.64. The first kappa shape index (κ1) is 13.9. The minimum atomic E-state index is -4.73. The number of nitrogens with zero attached hydrogens (tertiary/aromatic N) is 4. The van der Waals surface area contributed by atoms with Crippen LogP contribution in [0.2, 0.25) is 0 Å². The van der Waals surface area contributed by atoms with Gasteiger partial charge in [-0.05, 0) is 6.07 Å². The van der Waals surface area contributed by atoms with Crippen LogP contribution in [0.4, 0.5) is 22.0 Å². The van der Waals surface area contributed by atoms with Crippen LogP contribution in [0.15, 0.2) is 10.6 Å². The molecule has 112 valence electrons. The lowest BCUT2D eigenvalue weighted by Gasteiger charge is -1.95. The molecule has 0 fully saturated rings. The topological polar surface area (TPSA) is 56.7 Å². The molecule has 0 bridgehead atoms. The van der Waals surface area contributed by atoms with Crippen LogP contribution in [0, 0.1) is 0 Å². The zero-order valence-electron chi connectivity index (χ0n) is 10.1. The SMILES string of the molecule is Cn1nc(C(F)F)c2cc(-c3nc(C(F)(F)F)no3)sc21. The van der Waals surface area contributed by atoms with Gasteiger partial charge in [-0.15, -0.1) is 11.3 Å². The van der Waals surface area contributed by atoms with E-state index in [0.717, 1.165) is 11.3 Å². The molecule has 0 unspecified atom stereocenters. The van der Waals surface area contributed by atoms with Gasteiger partial charge in [0, 0.05) is 12.4 Å². The quantitative estimate of drug-likeness (QED) is 0.675. The molecule has 0 saturated heterocycles. The molecule has 0 saturated carbocycles. The molecular formula is C10H5F5N4OS. The predicted molar refractivity (Wildman–Crippen MR) is 61.8 cm³/mol. The Kier molecular flexibility index (Phi) is 2.97. The normalized spacial score (nSPS) is 12.7. The van der Waals surface area contributed by atoms with E-state index in [1.54, 1.807) is 0 Å². The Hall–Kier alpha value is -2.04. The third-order valence-corrected chi connectivity index (χ3v) is 3.83. The van der Waals surface area contributed by atoms with Crippen LogP contribution in [0.5, 0.6) is 0 Å². The molecular weight excluding hydrogens is 319 g/mol. The first-order chi connectivity index (χ1) is 9.77. The van der Waals surface area contributed by atoms with Crippen molar-refractivity contribution < 1.29 is 26.5 Å². The Bertz CT molecular complexity index is 802. The summed E-state index contributed by atoms with van der Waals surface area (Å²) in [4.78, 5) is 3.77. The maximum absolute atomic E-state index is 12.8. The summed E-state index contributed by atoms with van der Waals surface area (Å²) in [7, 11) is 1.46. The van der Waals surface area contributed by atoms with Crippen LogP contribution in [0.1, 0.15) is 17.9 Å². The molecule has 0 aliphatic rings. The van der Waals surface area contributed by atoms with Crippen molar-refractivity contribution in [1.29, 1.82) is 0 Å². The van der Waals surface area contributed by atoms with E-state index >= 15 is 0 Å². The molecule has 0 N–H and O–H groups in total. The molecule has 21 heavy (non-hydrogen) atoms. The number of thiophene rings is 1. The van der Waals surface area contributed by atoms with E-state index < -0.39 is 24.1 Å². The fourth-order valence-corrected chi connectivity index (χ4v) is 2.77. The Labute approximate surface area is 117 Å². The van der Waals surface area contributed by atoms with Crippen LogP contribution in [-0.2, 0) is 13.2 Å². The number of fused-ring (bicyclic) bond motifs is 1. The van der Waals surface area contributed by atoms with E-state index in [1.807, 2.05) is 0 Å². The van der Waals surface area contributed by atoms with Crippen LogP contribution < -0.4 is 0 Å². The summed E-state index contributed by atoms with van der Waals surface area (Å²) in [6.07, 6.45) is -7.52. The summed E-state index contributed by atoms with van der Waals surface area (Å²) in [5.74, 6) is -1.79. The van der Waals surface area contributed by atoms with E-state index in [4.69, 9.17) is 0 Å². The standard InChI is InChI=1S/C10H5F5N4OS/c1-19-8-3(5(17-19)6(11)12)2-4(21-8)7-16-9(18-20-7)10(13,14)15/h2,6H,1H3. The average Bonchev–Trinajstić information content (AvgIpc) is 3.03. The lowest BCUT2D eigenvalue weighted by molar-refractivity contribution is -0.146. The summed E-state index contributed by atoms with van der Waals surface area (Å²) >= 11 is 0.943. The largest absolute Gasteiger partial charge is 0.455 e. The van der Waals surface area contributed by atoms with Crippen molar-refractivity contribution in [3.8, 4) is 10.8 Å². The number of hydrogen-bond donors (Lipinski definition) is 0. The third-order valence-electron chi connectivity index (χ3n) is 2.64. The highest BCUT2D eigenvalue weighted by molar-refractivity contribution is 7.21. The zero-order valence-corrected chi connectivity index (χ0v) is 11.0. The summed E-state index contributed by atoms with van der Waals surface area (Å²) < 4.78 is 68.6. The van der Waals surface area contributed by atoms with E-state index in [9.17, 15) is 22.0 Å². The average molecular weight is 324 g/mol. The van der Waals surface area contributed by atoms with Crippen molar-refractivity contribution in [3.05, 3.63) is 17.6 Å². The van der Waals surface area contributed by atoms with Gasteiger partial charge in [-0.1, -0.05) is 5.16 Å². The summed E-state index contributed by atoms with van der Waals surface area (Å²) in [6.45, 7) is 0. The molecule has 0 spiro atoms. The lowest BCUT2D eigenvalue weighted by atomic mass is 10.3. The van der Waals surface area contributed by atoms with Crippen molar-refractivity contribution in [2.45, 2.75) is 12.6 Å². The van der Waals surface area contributed by atoms with Gasteiger partial charge in [-0.2, -0.15) is 23.3 Å². The smallest absolute Gasteiger partial charge is 0.333 e. The highest BCUT2D eigenvalue weighted by Crippen LogP contribution is 2.38. The van der Waals surface area contributed by atoms with Gasteiger partial charge in [0.15, 0.2) is 0 Å². The summed E-state index contributed by atoms with van der Waals surface area (Å²) in [6, 6.07) is 1.27. The second-order valence-electron chi connectivity index (χ2n) is 4.06. The van der Waals surface area contributed by atoms with Crippen molar-refractivity contribution in [1.82, 2.24) is 19.9 Å². The van der Waals surface area contributed by atoms with Gasteiger partial charge in [0.05, 0.1) is 4.88 Å². The van der Waals surface area contributed by atoms with Gasteiger partial charge >= 0.3 is 6.18 Å². The van der Waals surface area contributed by atoms with Crippen LogP contribution in [0.25, 0.3) is 21.0 Å². The molecule has 5 nitrogen and oxygen atoms in total. The first-order valence-corrected chi connectivity index (χ1v) is 6.25. The minimum absolute atomic E-state index is 0.152. The molecule has 3 rings (SSSR count). The molecule has 0 amide bonds. The van der Waals surface area contributed by atoms with Crippen LogP contribution in [0.3, 0.4) is 0 Å². The van der Waals surface area contributed by atoms with Crippen molar-refractivity contribution in [3.63, 3.8) is 0 Å². The van der Waals surface area contributed by atoms with Crippen LogP contribution in [-0.4, -0.2) is 19.9 Å². The molecule has 11 heteroatoms. The maximum Gasteiger partial charge on any atom is 0.455 e. The zero-order chi connectivity index (χ0) is 15.4. The number of hydrogen-bond acceptors (Lipinski definition) is 5. The molecule has 3 aromatic rings. The summed E-state index contributed by atoms with van der Waals surface area (Å²) in [5.41, 5.74) is -0.439. The molecule has 3 aromatic heterocycles. The van der Waals surface area contributed by atoms with Crippen molar-refractivity contribution in [2.75, 3.05) is 0 Å². The van der Waals surface area contributed by atoms with Gasteiger partial charge in [0.2, 0.25) is 0 Å². The Morgan fingerprint density at radius 2 is 2.05 bits per heavy atom. The van der Waals surface area contributed by atoms with Gasteiger partial charge in [0.25, 0.3) is 18.1 Å². The fraction of sp³-hybridized carbons (Fsp3) is 0.300. The maximum atomic E-state index is 12.8. The third kappa shape index (κ3) is 2.26. The Morgan fingerprint density at radius 1 is 1.33 bits per heavy atom. The van der Waals surface area contributed by atoms with Gasteiger partial charge < -0.3 is 4.52 Å². The van der Waals surface area contributed by atoms with Crippen molar-refractivity contribution in [2.24, 2.45) is 7.05 Å². The molecule has 0 atom stereocenters. The van der Waals surface area contributed by atoms with E-state index in [0.29, 0.717) is 4.83 Å². The molecule has 0 aromatic carbocycles. The van der Waals surface area contributed by atoms with E-state index in [-0.39, 0.29) is 16.2 Å². The summed E-state index contributed by atoms with van der Waals surface area (Å²) in [5, 5.41) is 6.63. The second kappa shape index (κ2) is 4.48. The van der Waals surface area contributed by atoms with Gasteiger partial charge in [-0.25, -0.2) is 8.78 Å². The van der Waals surface area contributed by atoms with Crippen molar-refractivity contribution >= 4 is 21.6 Å². The lowest BCUT2D eigenvalue weighted by Crippen LogP contribution is -2.06. The second-order valence-corrected chi connectivity index (χ2v) is 5.09. The molecule has 3 heterocycles. The number of alkyl halides is 5. The van der Waals surface area contributed by atoms with Gasteiger partial charge in [0.1, 0.15) is 10.5 Å². The van der Waals surface area contributed by atoms with E-state index in [2.05, 4.69) is 19.8 Å². The first-order valence-electron chi connectivity index (χ1n) is 5.43. The highest BCUT2D eigenvalue weighted by atomic mass is 32.1. The Morgan fingerprint density at radius 3 is 2.62 bits per heavy atom.